The van der Waals surface area contributed by atoms with Gasteiger partial charge in [0.2, 0.25) is 11.8 Å². The van der Waals surface area contributed by atoms with Crippen LogP contribution in [0, 0.1) is 13.8 Å². The van der Waals surface area contributed by atoms with Crippen molar-refractivity contribution in [2.45, 2.75) is 85.0 Å². The van der Waals surface area contributed by atoms with E-state index in [1.54, 1.807) is 38.6 Å². The molecule has 0 saturated carbocycles. The Kier molecular flexibility index (Phi) is 11.3. The van der Waals surface area contributed by atoms with Crippen LogP contribution in [0.5, 0.6) is 0 Å². The fraction of sp³-hybridized carbons (Fsp3) is 0.593. The van der Waals surface area contributed by atoms with E-state index in [2.05, 4.69) is 17.2 Å². The van der Waals surface area contributed by atoms with Crippen LogP contribution >= 0.6 is 11.8 Å². The first-order valence-electron chi connectivity index (χ1n) is 11.9. The Morgan fingerprint density at radius 3 is 2.29 bits per heavy atom. The highest BCUT2D eigenvalue weighted by molar-refractivity contribution is 7.98. The highest BCUT2D eigenvalue weighted by Gasteiger charge is 2.37. The summed E-state index contributed by atoms with van der Waals surface area (Å²) in [6.45, 7) is 18.9. The number of thioether (sulfide) groups is 1. The maximum atomic E-state index is 13.9. The van der Waals surface area contributed by atoms with Gasteiger partial charge in [0, 0.05) is 12.1 Å². The van der Waals surface area contributed by atoms with Gasteiger partial charge in [-0.2, -0.15) is 11.8 Å². The SMILES string of the molecule is C=CCN(C(=O)C(CCSC)NC(=O)OC(C)(C)C)C(C(=O)NC(C)(C)C)c1cccc(C)c1C. The van der Waals surface area contributed by atoms with Crippen LogP contribution in [0.2, 0.25) is 0 Å². The normalized spacial score (nSPS) is 13.4. The van der Waals surface area contributed by atoms with Crippen LogP contribution < -0.4 is 10.6 Å². The smallest absolute Gasteiger partial charge is 0.408 e. The third-order valence-electron chi connectivity index (χ3n) is 5.21. The second-order valence-electron chi connectivity index (χ2n) is 10.7. The second kappa shape index (κ2) is 13.0. The fourth-order valence-electron chi connectivity index (χ4n) is 3.56. The van der Waals surface area contributed by atoms with Crippen LogP contribution in [0.3, 0.4) is 0 Å². The molecule has 196 valence electrons. The predicted molar refractivity (Wildman–Crippen MR) is 145 cm³/mol. The molecular weight excluding hydrogens is 462 g/mol. The Morgan fingerprint density at radius 1 is 1.14 bits per heavy atom. The molecule has 0 heterocycles. The molecule has 3 amide bonds. The molecule has 0 saturated heterocycles. The molecule has 0 aromatic heterocycles. The largest absolute Gasteiger partial charge is 0.444 e. The first-order chi connectivity index (χ1) is 16.1. The van der Waals surface area contributed by atoms with Gasteiger partial charge in [0.15, 0.2) is 0 Å². The third-order valence-corrected chi connectivity index (χ3v) is 5.85. The average Bonchev–Trinajstić information content (AvgIpc) is 2.70. The monoisotopic (exact) mass is 505 g/mol. The van der Waals surface area contributed by atoms with E-state index in [0.717, 1.165) is 16.7 Å². The van der Waals surface area contributed by atoms with E-state index < -0.39 is 29.3 Å². The number of hydrogen-bond donors (Lipinski definition) is 2. The molecular formula is C27H43N3O4S. The lowest BCUT2D eigenvalue weighted by atomic mass is 9.94. The van der Waals surface area contributed by atoms with Gasteiger partial charge in [-0.25, -0.2) is 4.79 Å². The average molecular weight is 506 g/mol. The summed E-state index contributed by atoms with van der Waals surface area (Å²) in [5.41, 5.74) is 1.49. The van der Waals surface area contributed by atoms with E-state index >= 15 is 0 Å². The van der Waals surface area contributed by atoms with Crippen LogP contribution in [0.25, 0.3) is 0 Å². The van der Waals surface area contributed by atoms with Gasteiger partial charge in [0.25, 0.3) is 0 Å². The zero-order valence-electron chi connectivity index (χ0n) is 22.8. The van der Waals surface area contributed by atoms with Crippen molar-refractivity contribution in [1.82, 2.24) is 15.5 Å². The number of carbonyl (C=O) groups is 3. The Morgan fingerprint density at radius 2 is 1.77 bits per heavy atom. The van der Waals surface area contributed by atoms with Gasteiger partial charge in [-0.3, -0.25) is 9.59 Å². The molecule has 7 nitrogen and oxygen atoms in total. The maximum absolute atomic E-state index is 13.9. The number of carbonyl (C=O) groups excluding carboxylic acids is 3. The standard InChI is InChI=1S/C27H43N3O4S/c1-11-16-30(24(32)21(15-17-35-10)28-25(33)34-27(7,8)9)22(23(31)29-26(4,5)6)20-14-12-13-18(2)19(20)3/h11-14,21-22H,1,15-17H2,2-10H3,(H,28,33)(H,29,31). The quantitative estimate of drug-likeness (QED) is 0.441. The lowest BCUT2D eigenvalue weighted by molar-refractivity contribution is -0.142. The summed E-state index contributed by atoms with van der Waals surface area (Å²) in [6, 6.07) is 3.99. The van der Waals surface area contributed by atoms with Gasteiger partial charge in [0.1, 0.15) is 17.7 Å². The molecule has 0 spiro atoms. The van der Waals surface area contributed by atoms with Crippen LogP contribution in [0.4, 0.5) is 4.79 Å². The van der Waals surface area contributed by atoms with Gasteiger partial charge < -0.3 is 20.3 Å². The molecule has 1 aromatic carbocycles. The van der Waals surface area contributed by atoms with Gasteiger partial charge in [-0.1, -0.05) is 24.3 Å². The number of ether oxygens (including phenoxy) is 1. The van der Waals surface area contributed by atoms with Crippen molar-refractivity contribution in [3.05, 3.63) is 47.5 Å². The molecule has 2 atom stereocenters. The molecule has 0 fully saturated rings. The summed E-state index contributed by atoms with van der Waals surface area (Å²) < 4.78 is 5.40. The molecule has 1 aromatic rings. The molecule has 0 radical (unpaired) electrons. The molecule has 0 aliphatic rings. The lowest BCUT2D eigenvalue weighted by Crippen LogP contribution is -2.55. The number of nitrogens with zero attached hydrogens (tertiary/aromatic N) is 1. The van der Waals surface area contributed by atoms with E-state index in [-0.39, 0.29) is 18.4 Å². The van der Waals surface area contributed by atoms with Gasteiger partial charge >= 0.3 is 6.09 Å². The molecule has 2 unspecified atom stereocenters. The van der Waals surface area contributed by atoms with Crippen molar-refractivity contribution in [2.24, 2.45) is 0 Å². The van der Waals surface area contributed by atoms with Crippen LogP contribution in [0.1, 0.15) is 70.7 Å². The van der Waals surface area contributed by atoms with E-state index in [9.17, 15) is 14.4 Å². The minimum absolute atomic E-state index is 0.139. The zero-order valence-corrected chi connectivity index (χ0v) is 23.6. The molecule has 0 aliphatic carbocycles. The Balaban J connectivity index is 3.53. The van der Waals surface area contributed by atoms with Gasteiger partial charge in [0.05, 0.1) is 0 Å². The minimum atomic E-state index is -0.892. The summed E-state index contributed by atoms with van der Waals surface area (Å²) in [6.07, 6.45) is 3.26. The molecule has 1 rings (SSSR count). The Bertz CT molecular complexity index is 903. The molecule has 0 aliphatic heterocycles. The van der Waals surface area contributed by atoms with Crippen molar-refractivity contribution >= 4 is 29.7 Å². The van der Waals surface area contributed by atoms with E-state index in [1.165, 1.54) is 4.90 Å². The third kappa shape index (κ3) is 9.96. The summed E-state index contributed by atoms with van der Waals surface area (Å²) >= 11 is 1.57. The van der Waals surface area contributed by atoms with E-state index in [0.29, 0.717) is 12.2 Å². The van der Waals surface area contributed by atoms with Crippen molar-refractivity contribution in [3.8, 4) is 0 Å². The van der Waals surface area contributed by atoms with Crippen molar-refractivity contribution < 1.29 is 19.1 Å². The first kappa shape index (κ1) is 30.6. The summed E-state index contributed by atoms with van der Waals surface area (Å²) in [4.78, 5) is 41.6. The van der Waals surface area contributed by atoms with Gasteiger partial charge in [-0.15, -0.1) is 6.58 Å². The Labute approximate surface area is 215 Å². The summed E-state index contributed by atoms with van der Waals surface area (Å²) in [5, 5.41) is 5.76. The molecule has 8 heteroatoms. The van der Waals surface area contributed by atoms with E-state index in [1.807, 2.05) is 59.1 Å². The number of benzene rings is 1. The number of alkyl carbamates (subject to hydrolysis) is 1. The van der Waals surface area contributed by atoms with Crippen LogP contribution in [-0.4, -0.2) is 58.5 Å². The second-order valence-corrected chi connectivity index (χ2v) is 11.7. The molecule has 35 heavy (non-hydrogen) atoms. The molecule has 2 N–H and O–H groups in total. The van der Waals surface area contributed by atoms with E-state index in [4.69, 9.17) is 4.74 Å². The topological polar surface area (TPSA) is 87.7 Å². The maximum Gasteiger partial charge on any atom is 0.408 e. The predicted octanol–water partition coefficient (Wildman–Crippen LogP) is 4.92. The highest BCUT2D eigenvalue weighted by Crippen LogP contribution is 2.28. The highest BCUT2D eigenvalue weighted by atomic mass is 32.2. The number of aryl methyl sites for hydroxylation is 1. The van der Waals surface area contributed by atoms with Crippen molar-refractivity contribution in [2.75, 3.05) is 18.6 Å². The van der Waals surface area contributed by atoms with Crippen molar-refractivity contribution in [1.29, 1.82) is 0 Å². The molecule has 0 bridgehead atoms. The Hall–Kier alpha value is -2.48. The summed E-state index contributed by atoms with van der Waals surface area (Å²) in [5.74, 6) is -0.00160. The fourth-order valence-corrected chi connectivity index (χ4v) is 4.03. The minimum Gasteiger partial charge on any atom is -0.444 e. The van der Waals surface area contributed by atoms with Gasteiger partial charge in [-0.05, 0) is 90.5 Å². The zero-order chi connectivity index (χ0) is 27.0. The van der Waals surface area contributed by atoms with Crippen molar-refractivity contribution in [3.63, 3.8) is 0 Å². The summed E-state index contributed by atoms with van der Waals surface area (Å²) in [7, 11) is 0. The number of hydrogen-bond acceptors (Lipinski definition) is 5. The first-order valence-corrected chi connectivity index (χ1v) is 13.3. The lowest BCUT2D eigenvalue weighted by Gasteiger charge is -2.36. The van der Waals surface area contributed by atoms with Crippen LogP contribution in [0.15, 0.2) is 30.9 Å². The number of amides is 3. The number of nitrogens with one attached hydrogen (secondary N) is 2. The number of rotatable bonds is 10. The van der Waals surface area contributed by atoms with Crippen LogP contribution in [-0.2, 0) is 14.3 Å².